The third-order valence-electron chi connectivity index (χ3n) is 3.83. The van der Waals surface area contributed by atoms with E-state index in [1.54, 1.807) is 28.3 Å². The lowest BCUT2D eigenvalue weighted by atomic mass is 10.0. The average Bonchev–Trinajstić information content (AvgIpc) is 2.60. The molecule has 0 bridgehead atoms. The minimum Gasteiger partial charge on any atom is -0.462 e. The summed E-state index contributed by atoms with van der Waals surface area (Å²) < 4.78 is 20.6. The van der Waals surface area contributed by atoms with Gasteiger partial charge in [0.2, 0.25) is 0 Å². The SMILES string of the molecule is C=C(C)C(=O)OCC(CC)CCCC.CCC[Si](OC)(OC)OC. The van der Waals surface area contributed by atoms with Gasteiger partial charge in [0.05, 0.1) is 6.61 Å². The van der Waals surface area contributed by atoms with Crippen LogP contribution < -0.4 is 0 Å². The lowest BCUT2D eigenvalue weighted by Crippen LogP contribution is -2.42. The van der Waals surface area contributed by atoms with Gasteiger partial charge in [0, 0.05) is 32.9 Å². The molecular formula is C18H38O5Si. The molecule has 0 heterocycles. The number of hydrogen-bond donors (Lipinski definition) is 0. The predicted octanol–water partition coefficient (Wildman–Crippen LogP) is 4.60. The molecule has 0 fully saturated rings. The fourth-order valence-electron chi connectivity index (χ4n) is 2.08. The molecule has 1 unspecified atom stereocenters. The molecule has 0 spiro atoms. The Morgan fingerprint density at radius 2 is 1.58 bits per heavy atom. The maximum atomic E-state index is 11.1. The van der Waals surface area contributed by atoms with Gasteiger partial charge in [-0.25, -0.2) is 4.79 Å². The van der Waals surface area contributed by atoms with Crippen LogP contribution in [0.2, 0.25) is 6.04 Å². The summed E-state index contributed by atoms with van der Waals surface area (Å²) in [5.74, 6) is 0.248. The topological polar surface area (TPSA) is 54.0 Å². The van der Waals surface area contributed by atoms with Crippen molar-refractivity contribution in [1.82, 2.24) is 0 Å². The number of unbranched alkanes of at least 4 members (excludes halogenated alkanes) is 1. The number of carbonyl (C=O) groups is 1. The van der Waals surface area contributed by atoms with E-state index >= 15 is 0 Å². The first kappa shape index (κ1) is 25.5. The van der Waals surface area contributed by atoms with Gasteiger partial charge in [0.1, 0.15) is 0 Å². The Morgan fingerprint density at radius 3 is 1.88 bits per heavy atom. The monoisotopic (exact) mass is 362 g/mol. The Bertz CT molecular complexity index is 321. The molecule has 1 atom stereocenters. The summed E-state index contributed by atoms with van der Waals surface area (Å²) in [6.45, 7) is 12.2. The second kappa shape index (κ2) is 15.8. The van der Waals surface area contributed by atoms with Crippen LogP contribution in [0.4, 0.5) is 0 Å². The molecule has 0 aliphatic rings. The van der Waals surface area contributed by atoms with E-state index < -0.39 is 8.80 Å². The van der Waals surface area contributed by atoms with Gasteiger partial charge < -0.3 is 18.0 Å². The van der Waals surface area contributed by atoms with Crippen molar-refractivity contribution in [3.8, 4) is 0 Å². The van der Waals surface area contributed by atoms with Crippen molar-refractivity contribution in [2.45, 2.75) is 65.8 Å². The van der Waals surface area contributed by atoms with Gasteiger partial charge in [-0.05, 0) is 19.3 Å². The van der Waals surface area contributed by atoms with Crippen LogP contribution in [-0.2, 0) is 22.8 Å². The molecule has 0 rings (SSSR count). The van der Waals surface area contributed by atoms with Crippen molar-refractivity contribution < 1.29 is 22.8 Å². The maximum absolute atomic E-state index is 11.1. The van der Waals surface area contributed by atoms with Gasteiger partial charge in [0.25, 0.3) is 0 Å². The van der Waals surface area contributed by atoms with E-state index in [1.165, 1.54) is 12.8 Å². The molecule has 0 aliphatic heterocycles. The van der Waals surface area contributed by atoms with E-state index in [0.717, 1.165) is 25.3 Å². The van der Waals surface area contributed by atoms with Crippen LogP contribution in [0.3, 0.4) is 0 Å². The molecule has 0 aromatic carbocycles. The van der Waals surface area contributed by atoms with Crippen molar-refractivity contribution in [3.05, 3.63) is 12.2 Å². The van der Waals surface area contributed by atoms with Crippen LogP contribution in [0.5, 0.6) is 0 Å². The number of hydrogen-bond acceptors (Lipinski definition) is 5. The summed E-state index contributed by atoms with van der Waals surface area (Å²) in [6.07, 6.45) is 5.66. The fraction of sp³-hybridized carbons (Fsp3) is 0.833. The molecule has 6 heteroatoms. The molecule has 5 nitrogen and oxygen atoms in total. The Kier molecular flexibility index (Phi) is 16.8. The van der Waals surface area contributed by atoms with Gasteiger partial charge in [-0.3, -0.25) is 0 Å². The minimum absolute atomic E-state index is 0.264. The molecule has 0 aliphatic carbocycles. The highest BCUT2D eigenvalue weighted by molar-refractivity contribution is 6.60. The van der Waals surface area contributed by atoms with E-state index in [2.05, 4.69) is 27.4 Å². The predicted molar refractivity (Wildman–Crippen MR) is 101 cm³/mol. The van der Waals surface area contributed by atoms with Gasteiger partial charge in [-0.15, -0.1) is 0 Å². The maximum Gasteiger partial charge on any atom is 0.500 e. The summed E-state index contributed by atoms with van der Waals surface area (Å²) in [5, 5.41) is 0. The Balaban J connectivity index is 0. The quantitative estimate of drug-likeness (QED) is 0.288. The van der Waals surface area contributed by atoms with Crippen LogP contribution in [0.25, 0.3) is 0 Å². The minimum atomic E-state index is -2.22. The zero-order valence-electron chi connectivity index (χ0n) is 16.8. The van der Waals surface area contributed by atoms with Gasteiger partial charge >= 0.3 is 14.8 Å². The standard InChI is InChI=1S/C12H22O2.C6H16O3Si/c1-5-7-8-11(6-2)9-14-12(13)10(3)4;1-5-6-10(7-2,8-3)9-4/h11H,3,5-9H2,1-2,4H3;5-6H2,1-4H3. The van der Waals surface area contributed by atoms with E-state index in [1.807, 2.05) is 0 Å². The van der Waals surface area contributed by atoms with Crippen LogP contribution in [0.15, 0.2) is 12.2 Å². The second-order valence-electron chi connectivity index (χ2n) is 5.84. The van der Waals surface area contributed by atoms with Crippen molar-refractivity contribution in [2.24, 2.45) is 5.92 Å². The number of ether oxygens (including phenoxy) is 1. The zero-order chi connectivity index (χ0) is 19.0. The smallest absolute Gasteiger partial charge is 0.462 e. The number of carbonyl (C=O) groups excluding carboxylic acids is 1. The van der Waals surface area contributed by atoms with Crippen molar-refractivity contribution >= 4 is 14.8 Å². The summed E-state index contributed by atoms with van der Waals surface area (Å²) in [5.41, 5.74) is 0.482. The largest absolute Gasteiger partial charge is 0.500 e. The number of esters is 1. The molecule has 0 saturated carbocycles. The van der Waals surface area contributed by atoms with E-state index in [0.29, 0.717) is 18.1 Å². The Labute approximate surface area is 150 Å². The summed E-state index contributed by atoms with van der Waals surface area (Å²) >= 11 is 0. The molecule has 0 aromatic heterocycles. The van der Waals surface area contributed by atoms with Crippen LogP contribution in [0.1, 0.15) is 59.8 Å². The van der Waals surface area contributed by atoms with Crippen LogP contribution >= 0.6 is 0 Å². The first-order valence-corrected chi connectivity index (χ1v) is 10.8. The summed E-state index contributed by atoms with van der Waals surface area (Å²) in [6, 6.07) is 0.885. The van der Waals surface area contributed by atoms with Gasteiger partial charge in [-0.2, -0.15) is 0 Å². The van der Waals surface area contributed by atoms with Crippen molar-refractivity contribution in [2.75, 3.05) is 27.9 Å². The third kappa shape index (κ3) is 11.8. The summed E-state index contributed by atoms with van der Waals surface area (Å²) in [7, 11) is 2.68. The Morgan fingerprint density at radius 1 is 1.04 bits per heavy atom. The van der Waals surface area contributed by atoms with Crippen molar-refractivity contribution in [3.63, 3.8) is 0 Å². The molecule has 24 heavy (non-hydrogen) atoms. The molecule has 144 valence electrons. The van der Waals surface area contributed by atoms with Crippen LogP contribution in [0, 0.1) is 5.92 Å². The third-order valence-corrected chi connectivity index (χ3v) is 6.81. The molecule has 0 radical (unpaired) electrons. The van der Waals surface area contributed by atoms with Crippen molar-refractivity contribution in [1.29, 1.82) is 0 Å². The fourth-order valence-corrected chi connectivity index (χ4v) is 3.80. The number of rotatable bonds is 12. The van der Waals surface area contributed by atoms with Gasteiger partial charge in [0.15, 0.2) is 0 Å². The first-order valence-electron chi connectivity index (χ1n) is 8.84. The van der Waals surface area contributed by atoms with E-state index in [-0.39, 0.29) is 5.97 Å². The van der Waals surface area contributed by atoms with Gasteiger partial charge in [-0.1, -0.05) is 53.0 Å². The van der Waals surface area contributed by atoms with E-state index in [4.69, 9.17) is 18.0 Å². The zero-order valence-corrected chi connectivity index (χ0v) is 17.8. The summed E-state index contributed by atoms with van der Waals surface area (Å²) in [4.78, 5) is 11.1. The molecule has 0 N–H and O–H groups in total. The molecule has 0 aromatic rings. The van der Waals surface area contributed by atoms with Crippen LogP contribution in [-0.4, -0.2) is 42.7 Å². The normalized spacial score (nSPS) is 12.1. The lowest BCUT2D eigenvalue weighted by molar-refractivity contribution is -0.140. The highest BCUT2D eigenvalue weighted by Gasteiger charge is 2.36. The highest BCUT2D eigenvalue weighted by Crippen LogP contribution is 2.14. The second-order valence-corrected chi connectivity index (χ2v) is 8.93. The molecular weight excluding hydrogens is 324 g/mol. The Hall–Kier alpha value is -0.693. The van der Waals surface area contributed by atoms with E-state index in [9.17, 15) is 4.79 Å². The molecule has 0 amide bonds. The molecule has 0 saturated heterocycles. The average molecular weight is 363 g/mol. The highest BCUT2D eigenvalue weighted by atomic mass is 28.4. The first-order chi connectivity index (χ1) is 11.4. The lowest BCUT2D eigenvalue weighted by Gasteiger charge is -2.23.